The van der Waals surface area contributed by atoms with E-state index in [4.69, 9.17) is 24.3 Å². The Morgan fingerprint density at radius 2 is 0.525 bits per heavy atom. The Morgan fingerprint density at radius 3 is 0.778 bits per heavy atom. The second-order valence-electron chi connectivity index (χ2n) is 27.6. The Bertz CT molecular complexity index is 2100. The molecule has 570 valence electrons. The van der Waals surface area contributed by atoms with Gasteiger partial charge in [0.2, 0.25) is 0 Å². The highest BCUT2D eigenvalue weighted by atomic mass is 31.2. The van der Waals surface area contributed by atoms with Crippen LogP contribution in [0.4, 0.5) is 0 Å². The molecule has 0 aromatic carbocycles. The average Bonchev–Trinajstić information content (AvgIpc) is 1.19. The van der Waals surface area contributed by atoms with E-state index in [1.807, 2.05) is 0 Å². The quantitative estimate of drug-likeness (QED) is 0.0264. The van der Waals surface area contributed by atoms with Crippen molar-refractivity contribution in [2.45, 2.75) is 392 Å². The molecule has 0 aromatic rings. The molecule has 0 spiro atoms. The van der Waals surface area contributed by atoms with Crippen molar-refractivity contribution in [2.75, 3.05) is 26.4 Å². The molecule has 0 amide bonds. The maximum Gasteiger partial charge on any atom is 0.472 e. The van der Waals surface area contributed by atoms with Crippen molar-refractivity contribution >= 4 is 19.8 Å². The Labute approximate surface area is 612 Å². The first-order chi connectivity index (χ1) is 48.8. The third-order valence-corrected chi connectivity index (χ3v) is 19.0. The Kier molecular flexibility index (Phi) is 79.9. The predicted octanol–water partition coefficient (Wildman–Crippen LogP) is 28.3. The summed E-state index contributed by atoms with van der Waals surface area (Å²) in [5, 5.41) is 0. The van der Waals surface area contributed by atoms with E-state index in [2.05, 4.69) is 148 Å². The number of nitrogens with two attached hydrogens (primary N) is 1. The van der Waals surface area contributed by atoms with Gasteiger partial charge in [0.1, 0.15) is 6.61 Å². The molecule has 2 unspecified atom stereocenters. The zero-order chi connectivity index (χ0) is 71.5. The number of carbonyl (C=O) groups excluding carboxylic acids is 2. The molecule has 0 rings (SSSR count). The van der Waals surface area contributed by atoms with Gasteiger partial charge in [-0.05, 0) is 109 Å². The van der Waals surface area contributed by atoms with Crippen LogP contribution < -0.4 is 5.73 Å². The second-order valence-corrected chi connectivity index (χ2v) is 29.0. The molecule has 2 atom stereocenters. The summed E-state index contributed by atoms with van der Waals surface area (Å²) >= 11 is 0. The Morgan fingerprint density at radius 1 is 0.303 bits per heavy atom. The zero-order valence-corrected chi connectivity index (χ0v) is 65.3. The molecule has 0 aliphatic carbocycles. The normalized spacial score (nSPS) is 13.5. The summed E-state index contributed by atoms with van der Waals surface area (Å²) in [4.78, 5) is 35.5. The molecule has 0 aliphatic heterocycles. The fourth-order valence-corrected chi connectivity index (χ4v) is 12.7. The van der Waals surface area contributed by atoms with Crippen molar-refractivity contribution in [1.29, 1.82) is 0 Å². The smallest absolute Gasteiger partial charge is 0.462 e. The van der Waals surface area contributed by atoms with Crippen LogP contribution in [0.25, 0.3) is 0 Å². The summed E-state index contributed by atoms with van der Waals surface area (Å²) in [6, 6.07) is 0. The number of hydrogen-bond donors (Lipinski definition) is 2. The van der Waals surface area contributed by atoms with E-state index in [1.165, 1.54) is 244 Å². The molecule has 0 saturated carbocycles. The van der Waals surface area contributed by atoms with Crippen LogP contribution in [0.2, 0.25) is 0 Å². The lowest BCUT2D eigenvalue weighted by atomic mass is 10.0. The van der Waals surface area contributed by atoms with Gasteiger partial charge in [-0.2, -0.15) is 0 Å². The molecule has 10 heteroatoms. The van der Waals surface area contributed by atoms with Crippen LogP contribution in [0, 0.1) is 0 Å². The van der Waals surface area contributed by atoms with Crippen LogP contribution in [0.5, 0.6) is 0 Å². The number of rotatable bonds is 78. The first-order valence-corrected chi connectivity index (χ1v) is 43.2. The minimum absolute atomic E-state index is 0.0522. The number of phosphoric acid groups is 1. The van der Waals surface area contributed by atoms with E-state index >= 15 is 0 Å². The van der Waals surface area contributed by atoms with E-state index < -0.39 is 26.5 Å². The highest BCUT2D eigenvalue weighted by Gasteiger charge is 2.26. The first-order valence-electron chi connectivity index (χ1n) is 41.7. The van der Waals surface area contributed by atoms with Crippen molar-refractivity contribution in [3.8, 4) is 0 Å². The summed E-state index contributed by atoms with van der Waals surface area (Å²) in [7, 11) is -4.40. The summed E-state index contributed by atoms with van der Waals surface area (Å²) in [6.07, 6.45) is 119. The maximum atomic E-state index is 12.8. The van der Waals surface area contributed by atoms with Gasteiger partial charge in [0.25, 0.3) is 0 Å². The van der Waals surface area contributed by atoms with Gasteiger partial charge in [-0.1, -0.05) is 398 Å². The fourth-order valence-electron chi connectivity index (χ4n) is 12.0. The minimum atomic E-state index is -4.40. The lowest BCUT2D eigenvalue weighted by molar-refractivity contribution is -0.161. The van der Waals surface area contributed by atoms with Crippen LogP contribution in [0.1, 0.15) is 386 Å². The summed E-state index contributed by atoms with van der Waals surface area (Å²) < 4.78 is 33.3. The van der Waals surface area contributed by atoms with E-state index in [0.717, 1.165) is 109 Å². The molecule has 0 saturated heterocycles. The largest absolute Gasteiger partial charge is 0.472 e. The molecule has 3 N–H and O–H groups in total. The highest BCUT2D eigenvalue weighted by Crippen LogP contribution is 2.43. The Hall–Kier alpha value is -3.85. The van der Waals surface area contributed by atoms with Gasteiger partial charge >= 0.3 is 19.8 Å². The van der Waals surface area contributed by atoms with Gasteiger partial charge in [-0.15, -0.1) is 0 Å². The SMILES string of the molecule is CC/C=C\C/C=C\C/C=C\C/C=C\C/C=C\C/C=C\C/C=C\CCCCCCCCCCCCCCCCCCCCCC(=O)OC(COC(=O)CCCCCCCCCCCCCCCCCCCCCCCCCC/C=C\C/C=C\C/C=C\C/C=C\CC)COP(=O)(O)OCCN. The van der Waals surface area contributed by atoms with Crippen LogP contribution in [-0.4, -0.2) is 49.3 Å². The summed E-state index contributed by atoms with van der Waals surface area (Å²) in [5.74, 6) is -0.811. The number of hydrogen-bond acceptors (Lipinski definition) is 8. The standard InChI is InChI=1S/C89H156NO8P/c1-3-5-7-9-11-13-15-17-19-21-23-25-27-29-31-33-35-37-39-41-42-43-44-46-48-50-52-54-56-58-60-62-64-66-68-70-72-74-76-78-80-82-89(92)98-87(86-97-99(93,94)96-84-83-90)85-95-88(91)81-79-77-75-73-71-69-67-65-63-61-59-57-55-53-51-49-47-45-40-38-36-34-32-30-28-26-24-22-20-18-16-14-12-10-8-6-4-2/h5-8,11-14,17-20,23-26,29,31,35,37,41-42,87H,3-4,9-10,15-16,21-22,27-28,30,32-34,36,38-40,43-86,90H2,1-2H3,(H,93,94)/b7-5-,8-6-,13-11-,14-12-,19-17-,20-18-,25-23-,26-24-,31-29-,37-35-,42-41-. The van der Waals surface area contributed by atoms with Gasteiger partial charge < -0.3 is 20.1 Å². The van der Waals surface area contributed by atoms with Crippen LogP contribution >= 0.6 is 7.82 Å². The lowest BCUT2D eigenvalue weighted by Crippen LogP contribution is -2.29. The van der Waals surface area contributed by atoms with Crippen LogP contribution in [0.15, 0.2) is 134 Å². The molecule has 0 aliphatic rings. The minimum Gasteiger partial charge on any atom is -0.462 e. The topological polar surface area (TPSA) is 134 Å². The monoisotopic (exact) mass is 1400 g/mol. The van der Waals surface area contributed by atoms with Crippen LogP contribution in [0.3, 0.4) is 0 Å². The van der Waals surface area contributed by atoms with Gasteiger partial charge in [-0.3, -0.25) is 18.6 Å². The molecule has 9 nitrogen and oxygen atoms in total. The number of allylic oxidation sites excluding steroid dienone is 22. The average molecular weight is 1400 g/mol. The molecule has 99 heavy (non-hydrogen) atoms. The van der Waals surface area contributed by atoms with Crippen molar-refractivity contribution in [1.82, 2.24) is 0 Å². The predicted molar refractivity (Wildman–Crippen MR) is 431 cm³/mol. The Balaban J connectivity index is 3.78. The number of phosphoric ester groups is 1. The van der Waals surface area contributed by atoms with E-state index in [0.29, 0.717) is 6.42 Å². The van der Waals surface area contributed by atoms with Crippen molar-refractivity contribution in [2.24, 2.45) is 5.73 Å². The van der Waals surface area contributed by atoms with Gasteiger partial charge in [0, 0.05) is 19.4 Å². The number of esters is 2. The molecule has 0 bridgehead atoms. The third kappa shape index (κ3) is 83.0. The molecule has 0 fully saturated rings. The lowest BCUT2D eigenvalue weighted by Gasteiger charge is -2.19. The maximum absolute atomic E-state index is 12.8. The third-order valence-electron chi connectivity index (χ3n) is 18.0. The highest BCUT2D eigenvalue weighted by molar-refractivity contribution is 7.47. The van der Waals surface area contributed by atoms with Gasteiger partial charge in [-0.25, -0.2) is 4.57 Å². The summed E-state index contributed by atoms with van der Waals surface area (Å²) in [6.45, 7) is 3.57. The molecule has 0 aromatic heterocycles. The summed E-state index contributed by atoms with van der Waals surface area (Å²) in [5.41, 5.74) is 5.42. The van der Waals surface area contributed by atoms with Gasteiger partial charge in [0.15, 0.2) is 6.10 Å². The fraction of sp³-hybridized carbons (Fsp3) is 0.730. The number of unbranched alkanes of at least 4 members (excludes halogenated alkanes) is 43. The molecule has 0 heterocycles. The van der Waals surface area contributed by atoms with E-state index in [9.17, 15) is 19.0 Å². The van der Waals surface area contributed by atoms with Crippen LogP contribution in [-0.2, 0) is 32.7 Å². The van der Waals surface area contributed by atoms with Crippen molar-refractivity contribution < 1.29 is 37.6 Å². The van der Waals surface area contributed by atoms with Crippen molar-refractivity contribution in [3.63, 3.8) is 0 Å². The van der Waals surface area contributed by atoms with E-state index in [-0.39, 0.29) is 38.6 Å². The van der Waals surface area contributed by atoms with Gasteiger partial charge in [0.05, 0.1) is 13.2 Å². The van der Waals surface area contributed by atoms with Crippen molar-refractivity contribution in [3.05, 3.63) is 134 Å². The first kappa shape index (κ1) is 95.2. The zero-order valence-electron chi connectivity index (χ0n) is 64.4. The number of carbonyl (C=O) groups is 2. The van der Waals surface area contributed by atoms with E-state index in [1.54, 1.807) is 0 Å². The molecular weight excluding hydrogens is 1240 g/mol. The molecule has 0 radical (unpaired) electrons. The second kappa shape index (κ2) is 83.1. The number of ether oxygens (including phenoxy) is 2. The molecular formula is C89H156NO8P.